The molecule has 0 radical (unpaired) electrons. The molecular weight excluding hydrogens is 423 g/mol. The highest BCUT2D eigenvalue weighted by Gasteiger charge is 2.29. The van der Waals surface area contributed by atoms with Gasteiger partial charge in [0.25, 0.3) is 0 Å². The monoisotopic (exact) mass is 444 g/mol. The minimum absolute atomic E-state index is 0.0375. The molecule has 1 aromatic heterocycles. The van der Waals surface area contributed by atoms with E-state index in [-0.39, 0.29) is 44.3 Å². The number of benzene rings is 2. The fraction of sp³-hybridized carbons (Fsp3) is 0.238. The Morgan fingerprint density at radius 1 is 1.13 bits per heavy atom. The predicted molar refractivity (Wildman–Crippen MR) is 112 cm³/mol. The number of ether oxygens (including phenoxy) is 1. The van der Waals surface area contributed by atoms with Crippen LogP contribution in [0.5, 0.6) is 0 Å². The van der Waals surface area contributed by atoms with Crippen molar-refractivity contribution in [3.63, 3.8) is 0 Å². The highest BCUT2D eigenvalue weighted by molar-refractivity contribution is 7.89. The maximum Gasteiger partial charge on any atom is 0.246 e. The maximum absolute atomic E-state index is 14.3. The summed E-state index contributed by atoms with van der Waals surface area (Å²) in [7, 11) is -4.02. The molecule has 0 unspecified atom stereocenters. The zero-order chi connectivity index (χ0) is 21.8. The summed E-state index contributed by atoms with van der Waals surface area (Å²) in [4.78, 5) is 12.0. The number of nitrogens with zero attached hydrogens (tertiary/aromatic N) is 3. The van der Waals surface area contributed by atoms with Crippen molar-refractivity contribution < 1.29 is 22.3 Å². The van der Waals surface area contributed by atoms with Crippen LogP contribution in [0.3, 0.4) is 0 Å². The molecule has 2 heterocycles. The average Bonchev–Trinajstić information content (AvgIpc) is 3.24. The fourth-order valence-corrected chi connectivity index (χ4v) is 4.77. The van der Waals surface area contributed by atoms with Crippen molar-refractivity contribution in [1.29, 1.82) is 0 Å². The molecule has 0 saturated carbocycles. The largest absolute Gasteiger partial charge is 0.379 e. The van der Waals surface area contributed by atoms with Crippen molar-refractivity contribution in [2.24, 2.45) is 0 Å². The SMILES string of the molecule is O=C(Cc1cnn(-c2ccccc2)c1)Nc1ccc(F)c(S(=O)(=O)N2CCOCC2)c1. The molecule has 0 atom stereocenters. The van der Waals surface area contributed by atoms with E-state index in [0.29, 0.717) is 5.56 Å². The van der Waals surface area contributed by atoms with Crippen molar-refractivity contribution in [2.45, 2.75) is 11.3 Å². The number of nitrogens with one attached hydrogen (secondary N) is 1. The first-order chi connectivity index (χ1) is 14.9. The van der Waals surface area contributed by atoms with Crippen LogP contribution in [-0.2, 0) is 26.0 Å². The molecule has 162 valence electrons. The van der Waals surface area contributed by atoms with Crippen LogP contribution in [-0.4, -0.2) is 54.7 Å². The number of hydrogen-bond acceptors (Lipinski definition) is 5. The summed E-state index contributed by atoms with van der Waals surface area (Å²) >= 11 is 0. The van der Waals surface area contributed by atoms with Gasteiger partial charge in [0.1, 0.15) is 10.7 Å². The number of carbonyl (C=O) groups is 1. The summed E-state index contributed by atoms with van der Waals surface area (Å²) in [5.74, 6) is -1.23. The first kappa shape index (κ1) is 21.2. The Morgan fingerprint density at radius 3 is 2.61 bits per heavy atom. The number of para-hydroxylation sites is 1. The number of morpholine rings is 1. The van der Waals surface area contributed by atoms with Crippen LogP contribution in [0.4, 0.5) is 10.1 Å². The normalized spacial score (nSPS) is 15.0. The lowest BCUT2D eigenvalue weighted by atomic mass is 10.2. The lowest BCUT2D eigenvalue weighted by Crippen LogP contribution is -2.40. The number of halogens is 1. The van der Waals surface area contributed by atoms with Gasteiger partial charge in [0.15, 0.2) is 0 Å². The first-order valence-electron chi connectivity index (χ1n) is 9.70. The van der Waals surface area contributed by atoms with E-state index in [0.717, 1.165) is 17.8 Å². The van der Waals surface area contributed by atoms with Gasteiger partial charge in [-0.05, 0) is 35.9 Å². The number of amides is 1. The van der Waals surface area contributed by atoms with Crippen LogP contribution < -0.4 is 5.32 Å². The molecule has 0 spiro atoms. The van der Waals surface area contributed by atoms with E-state index in [1.165, 1.54) is 10.4 Å². The van der Waals surface area contributed by atoms with E-state index >= 15 is 0 Å². The minimum atomic E-state index is -4.02. The van der Waals surface area contributed by atoms with Gasteiger partial charge < -0.3 is 10.1 Å². The van der Waals surface area contributed by atoms with Crippen LogP contribution in [0, 0.1) is 5.82 Å². The second-order valence-corrected chi connectivity index (χ2v) is 8.92. The molecule has 1 amide bonds. The molecule has 8 nitrogen and oxygen atoms in total. The molecular formula is C21H21FN4O4S. The highest BCUT2D eigenvalue weighted by atomic mass is 32.2. The van der Waals surface area contributed by atoms with Crippen molar-refractivity contribution >= 4 is 21.6 Å². The number of aromatic nitrogens is 2. The summed E-state index contributed by atoms with van der Waals surface area (Å²) in [6.07, 6.45) is 3.37. The molecule has 0 bridgehead atoms. The molecule has 1 aliphatic heterocycles. The summed E-state index contributed by atoms with van der Waals surface area (Å²) < 4.78 is 47.9. The lowest BCUT2D eigenvalue weighted by molar-refractivity contribution is -0.115. The average molecular weight is 444 g/mol. The van der Waals surface area contributed by atoms with Gasteiger partial charge in [-0.1, -0.05) is 18.2 Å². The molecule has 1 aliphatic rings. The summed E-state index contributed by atoms with van der Waals surface area (Å²) in [5.41, 5.74) is 1.75. The Balaban J connectivity index is 1.47. The van der Waals surface area contributed by atoms with E-state index < -0.39 is 20.7 Å². The second kappa shape index (κ2) is 8.96. The Hall–Kier alpha value is -3.08. The van der Waals surface area contributed by atoms with E-state index in [1.54, 1.807) is 17.1 Å². The van der Waals surface area contributed by atoms with E-state index in [9.17, 15) is 17.6 Å². The molecule has 10 heteroatoms. The van der Waals surface area contributed by atoms with Crippen LogP contribution in [0.2, 0.25) is 0 Å². The molecule has 0 aliphatic carbocycles. The van der Waals surface area contributed by atoms with Crippen molar-refractivity contribution in [3.05, 3.63) is 72.3 Å². The molecule has 3 aromatic rings. The Morgan fingerprint density at radius 2 is 1.87 bits per heavy atom. The third kappa shape index (κ3) is 4.82. The Bertz CT molecular complexity index is 1180. The molecule has 1 saturated heterocycles. The third-order valence-electron chi connectivity index (χ3n) is 4.82. The van der Waals surface area contributed by atoms with Gasteiger partial charge in [0.05, 0.1) is 31.5 Å². The zero-order valence-electron chi connectivity index (χ0n) is 16.6. The van der Waals surface area contributed by atoms with Gasteiger partial charge in [0, 0.05) is 25.0 Å². The van der Waals surface area contributed by atoms with E-state index in [2.05, 4.69) is 10.4 Å². The highest BCUT2D eigenvalue weighted by Crippen LogP contribution is 2.24. The van der Waals surface area contributed by atoms with Crippen LogP contribution in [0.1, 0.15) is 5.56 Å². The molecule has 2 aromatic carbocycles. The van der Waals surface area contributed by atoms with Crippen molar-refractivity contribution in [1.82, 2.24) is 14.1 Å². The lowest BCUT2D eigenvalue weighted by Gasteiger charge is -2.26. The van der Waals surface area contributed by atoms with Crippen molar-refractivity contribution in [2.75, 3.05) is 31.6 Å². The molecule has 1 fully saturated rings. The Labute approximate surface area is 179 Å². The van der Waals surface area contributed by atoms with Crippen LogP contribution >= 0.6 is 0 Å². The van der Waals surface area contributed by atoms with E-state index in [4.69, 9.17) is 4.74 Å². The third-order valence-corrected chi connectivity index (χ3v) is 6.74. The van der Waals surface area contributed by atoms with E-state index in [1.807, 2.05) is 30.3 Å². The number of hydrogen-bond donors (Lipinski definition) is 1. The van der Waals surface area contributed by atoms with Gasteiger partial charge in [-0.25, -0.2) is 17.5 Å². The number of carbonyl (C=O) groups excluding carboxylic acids is 1. The quantitative estimate of drug-likeness (QED) is 0.629. The number of sulfonamides is 1. The summed E-state index contributed by atoms with van der Waals surface area (Å²) in [6, 6.07) is 13.0. The fourth-order valence-electron chi connectivity index (χ4n) is 3.27. The topological polar surface area (TPSA) is 93.5 Å². The molecule has 4 rings (SSSR count). The summed E-state index contributed by atoms with van der Waals surface area (Å²) in [5, 5.41) is 6.88. The number of rotatable bonds is 6. The summed E-state index contributed by atoms with van der Waals surface area (Å²) in [6.45, 7) is 0.829. The van der Waals surface area contributed by atoms with Gasteiger partial charge in [-0.2, -0.15) is 9.40 Å². The number of anilines is 1. The van der Waals surface area contributed by atoms with Crippen molar-refractivity contribution in [3.8, 4) is 5.69 Å². The molecule has 1 N–H and O–H groups in total. The van der Waals surface area contributed by atoms with Gasteiger partial charge in [0.2, 0.25) is 15.9 Å². The smallest absolute Gasteiger partial charge is 0.246 e. The van der Waals surface area contributed by atoms with Gasteiger partial charge >= 0.3 is 0 Å². The van der Waals surface area contributed by atoms with Gasteiger partial charge in [-0.3, -0.25) is 4.79 Å². The Kier molecular flexibility index (Phi) is 6.12. The zero-order valence-corrected chi connectivity index (χ0v) is 17.4. The minimum Gasteiger partial charge on any atom is -0.379 e. The van der Waals surface area contributed by atoms with Crippen LogP contribution in [0.15, 0.2) is 65.8 Å². The predicted octanol–water partition coefficient (Wildman–Crippen LogP) is 2.21. The maximum atomic E-state index is 14.3. The second-order valence-electron chi connectivity index (χ2n) is 7.02. The van der Waals surface area contributed by atoms with Crippen LogP contribution in [0.25, 0.3) is 5.69 Å². The molecule has 31 heavy (non-hydrogen) atoms. The first-order valence-corrected chi connectivity index (χ1v) is 11.1. The van der Waals surface area contributed by atoms with Gasteiger partial charge in [-0.15, -0.1) is 0 Å². The standard InChI is InChI=1S/C21H21FN4O4S/c22-19-7-6-17(13-20(19)31(28,29)25-8-10-30-11-9-25)24-21(27)12-16-14-23-26(15-16)18-4-2-1-3-5-18/h1-7,13-15H,8-12H2,(H,24,27).